The minimum Gasteiger partial charge on any atom is -0.756 e. The minimum absolute atomic E-state index is 0.0256. The number of unbranched alkanes of at least 4 members (excludes halogenated alkanes) is 28. The molecule has 9 nitrogen and oxygen atoms in total. The van der Waals surface area contributed by atoms with Gasteiger partial charge in [-0.15, -0.1) is 0 Å². The fourth-order valence-corrected chi connectivity index (χ4v) is 7.27. The maximum Gasteiger partial charge on any atom is 0.306 e. The Hall–Kier alpha value is -0.990. The smallest absolute Gasteiger partial charge is 0.306 e. The highest BCUT2D eigenvalue weighted by Gasteiger charge is 2.21. The van der Waals surface area contributed by atoms with Crippen molar-refractivity contribution in [2.75, 3.05) is 47.5 Å². The molecule has 0 heterocycles. The van der Waals surface area contributed by atoms with Crippen molar-refractivity contribution in [2.45, 2.75) is 225 Å². The van der Waals surface area contributed by atoms with Crippen molar-refractivity contribution in [3.63, 3.8) is 0 Å². The SMILES string of the molecule is CCCCCCCCCCCCCCCCCCCC(=O)O[C@H](COC(=O)CCCCCCCCCCCCCCC)COP(=O)([O-])OCC[N+](C)(C)C. The van der Waals surface area contributed by atoms with Crippen LogP contribution in [0.3, 0.4) is 0 Å². The molecule has 0 aliphatic rings. The van der Waals surface area contributed by atoms with Gasteiger partial charge in [0.25, 0.3) is 7.82 Å². The molecule has 0 aliphatic heterocycles. The number of nitrogens with zero attached hydrogens (tertiary/aromatic N) is 1. The predicted octanol–water partition coefficient (Wildman–Crippen LogP) is 12.2. The summed E-state index contributed by atoms with van der Waals surface area (Å²) in [5.41, 5.74) is 0. The van der Waals surface area contributed by atoms with Crippen LogP contribution in [0.1, 0.15) is 219 Å². The lowest BCUT2D eigenvalue weighted by molar-refractivity contribution is -0.870. The summed E-state index contributed by atoms with van der Waals surface area (Å²) < 4.78 is 33.9. The van der Waals surface area contributed by atoms with E-state index in [2.05, 4.69) is 13.8 Å². The second-order valence-corrected chi connectivity index (χ2v) is 18.2. The number of phosphoric acid groups is 1. The van der Waals surface area contributed by atoms with E-state index in [1.807, 2.05) is 21.1 Å². The Morgan fingerprint density at radius 3 is 1.19 bits per heavy atom. The van der Waals surface area contributed by atoms with E-state index in [1.165, 1.54) is 154 Å². The maximum absolute atomic E-state index is 12.7. The van der Waals surface area contributed by atoms with Crippen molar-refractivity contribution >= 4 is 19.8 Å². The Bertz CT molecular complexity index is 896. The molecule has 322 valence electrons. The van der Waals surface area contributed by atoms with Gasteiger partial charge < -0.3 is 27.9 Å². The van der Waals surface area contributed by atoms with Crippen LogP contribution < -0.4 is 4.89 Å². The zero-order valence-electron chi connectivity index (χ0n) is 36.2. The van der Waals surface area contributed by atoms with Crippen LogP contribution >= 0.6 is 7.82 Å². The summed E-state index contributed by atoms with van der Waals surface area (Å²) in [5, 5.41) is 0. The number of esters is 2. The number of hydrogen-bond donors (Lipinski definition) is 0. The van der Waals surface area contributed by atoms with E-state index in [1.54, 1.807) is 0 Å². The first-order chi connectivity index (χ1) is 26.0. The molecule has 1 unspecified atom stereocenters. The lowest BCUT2D eigenvalue weighted by atomic mass is 10.0. The predicted molar refractivity (Wildman–Crippen MR) is 222 cm³/mol. The summed E-state index contributed by atoms with van der Waals surface area (Å²) in [6.45, 7) is 4.26. The average Bonchev–Trinajstić information content (AvgIpc) is 3.12. The van der Waals surface area contributed by atoms with Crippen LogP contribution in [0.15, 0.2) is 0 Å². The van der Waals surface area contributed by atoms with E-state index >= 15 is 0 Å². The van der Waals surface area contributed by atoms with E-state index < -0.39 is 26.5 Å². The molecule has 54 heavy (non-hydrogen) atoms. The Balaban J connectivity index is 4.29. The van der Waals surface area contributed by atoms with Crippen LogP contribution in [0.5, 0.6) is 0 Å². The Morgan fingerprint density at radius 1 is 0.500 bits per heavy atom. The van der Waals surface area contributed by atoms with Crippen molar-refractivity contribution < 1.29 is 42.1 Å². The summed E-state index contributed by atoms with van der Waals surface area (Å²) in [7, 11) is 1.18. The van der Waals surface area contributed by atoms with E-state index in [0.29, 0.717) is 17.4 Å². The largest absolute Gasteiger partial charge is 0.756 e. The van der Waals surface area contributed by atoms with Crippen LogP contribution in [0.25, 0.3) is 0 Å². The number of carbonyl (C=O) groups excluding carboxylic acids is 2. The van der Waals surface area contributed by atoms with Crippen molar-refractivity contribution in [3.8, 4) is 0 Å². The average molecular weight is 790 g/mol. The molecular weight excluding hydrogens is 701 g/mol. The first kappa shape index (κ1) is 53.0. The van der Waals surface area contributed by atoms with Crippen LogP contribution in [-0.2, 0) is 32.7 Å². The molecule has 0 aromatic carbocycles. The van der Waals surface area contributed by atoms with Crippen LogP contribution in [-0.4, -0.2) is 70.0 Å². The number of hydrogen-bond acceptors (Lipinski definition) is 8. The fourth-order valence-electron chi connectivity index (χ4n) is 6.54. The van der Waals surface area contributed by atoms with Crippen LogP contribution in [0, 0.1) is 0 Å². The molecule has 0 saturated heterocycles. The normalized spacial score (nSPS) is 13.5. The number of carbonyl (C=O) groups is 2. The van der Waals surface area contributed by atoms with Gasteiger partial charge in [-0.3, -0.25) is 14.2 Å². The van der Waals surface area contributed by atoms with Gasteiger partial charge in [0.1, 0.15) is 19.8 Å². The topological polar surface area (TPSA) is 111 Å². The summed E-state index contributed by atoms with van der Waals surface area (Å²) in [6, 6.07) is 0. The van der Waals surface area contributed by atoms with Gasteiger partial charge in [0.15, 0.2) is 6.10 Å². The molecule has 0 N–H and O–H groups in total. The molecule has 2 atom stereocenters. The highest BCUT2D eigenvalue weighted by Crippen LogP contribution is 2.38. The van der Waals surface area contributed by atoms with Gasteiger partial charge >= 0.3 is 11.9 Å². The molecule has 0 radical (unpaired) electrons. The molecule has 0 fully saturated rings. The number of ether oxygens (including phenoxy) is 2. The van der Waals surface area contributed by atoms with E-state index in [9.17, 15) is 19.0 Å². The molecule has 0 spiro atoms. The quantitative estimate of drug-likeness (QED) is 0.0260. The molecule has 0 bridgehead atoms. The Labute approximate surface area is 334 Å². The van der Waals surface area contributed by atoms with Crippen molar-refractivity contribution in [1.29, 1.82) is 0 Å². The number of likely N-dealkylation sites (N-methyl/N-ethyl adjacent to an activating group) is 1. The second-order valence-electron chi connectivity index (χ2n) is 16.8. The molecule has 0 amide bonds. The molecule has 0 rings (SSSR count). The van der Waals surface area contributed by atoms with Gasteiger partial charge in [0.2, 0.25) is 0 Å². The lowest BCUT2D eigenvalue weighted by Crippen LogP contribution is -2.37. The third-order valence-electron chi connectivity index (χ3n) is 10.1. The van der Waals surface area contributed by atoms with Crippen molar-refractivity contribution in [1.82, 2.24) is 0 Å². The monoisotopic (exact) mass is 790 g/mol. The van der Waals surface area contributed by atoms with Gasteiger partial charge in [0.05, 0.1) is 27.7 Å². The third kappa shape index (κ3) is 40.7. The van der Waals surface area contributed by atoms with E-state index in [4.69, 9.17) is 18.5 Å². The molecule has 0 aromatic rings. The fraction of sp³-hybridized carbons (Fsp3) is 0.955. The number of rotatable bonds is 42. The van der Waals surface area contributed by atoms with Crippen molar-refractivity contribution in [2.24, 2.45) is 0 Å². The number of quaternary nitrogens is 1. The van der Waals surface area contributed by atoms with Gasteiger partial charge in [-0.1, -0.05) is 194 Å². The summed E-state index contributed by atoms with van der Waals surface area (Å²) in [4.78, 5) is 37.5. The zero-order chi connectivity index (χ0) is 40.0. The van der Waals surface area contributed by atoms with Crippen LogP contribution in [0.4, 0.5) is 0 Å². The first-order valence-corrected chi connectivity index (χ1v) is 24.2. The van der Waals surface area contributed by atoms with Gasteiger partial charge in [-0.05, 0) is 12.8 Å². The minimum atomic E-state index is -4.61. The van der Waals surface area contributed by atoms with E-state index in [-0.39, 0.29) is 32.0 Å². The number of phosphoric ester groups is 1. The molecule has 0 aliphatic carbocycles. The van der Waals surface area contributed by atoms with Crippen LogP contribution in [0.2, 0.25) is 0 Å². The Morgan fingerprint density at radius 2 is 0.833 bits per heavy atom. The van der Waals surface area contributed by atoms with Gasteiger partial charge in [0, 0.05) is 12.8 Å². The molecular formula is C44H88NO8P. The highest BCUT2D eigenvalue weighted by molar-refractivity contribution is 7.45. The lowest BCUT2D eigenvalue weighted by Gasteiger charge is -2.28. The third-order valence-corrected chi connectivity index (χ3v) is 11.1. The van der Waals surface area contributed by atoms with Gasteiger partial charge in [-0.25, -0.2) is 0 Å². The Kier molecular flexibility index (Phi) is 36.9. The summed E-state index contributed by atoms with van der Waals surface area (Å²) in [5.74, 6) is -0.819. The summed E-state index contributed by atoms with van der Waals surface area (Å²) >= 11 is 0. The molecule has 0 saturated carbocycles. The standard InChI is InChI=1S/C44H88NO8P/c1-6-8-10-12-14-16-18-20-21-22-23-25-27-29-31-33-35-37-44(47)53-42(41-52-54(48,49)51-39-38-45(3,4)5)40-50-43(46)36-34-32-30-28-26-24-19-17-15-13-11-9-7-2/h42H,6-41H2,1-5H3/t42-/m1/s1. The maximum atomic E-state index is 12.7. The first-order valence-electron chi connectivity index (χ1n) is 22.7. The van der Waals surface area contributed by atoms with Crippen molar-refractivity contribution in [3.05, 3.63) is 0 Å². The molecule has 10 heteroatoms. The zero-order valence-corrected chi connectivity index (χ0v) is 37.1. The van der Waals surface area contributed by atoms with Gasteiger partial charge in [-0.2, -0.15) is 0 Å². The summed E-state index contributed by atoms with van der Waals surface area (Å²) in [6.07, 6.45) is 36.9. The second kappa shape index (κ2) is 37.6. The van der Waals surface area contributed by atoms with E-state index in [0.717, 1.165) is 32.1 Å². The highest BCUT2D eigenvalue weighted by atomic mass is 31.2. The molecule has 0 aromatic heterocycles.